The smallest absolute Gasteiger partial charge is 0.0251 e. The maximum absolute atomic E-state index is 3.29. The zero-order valence-electron chi connectivity index (χ0n) is 19.8. The van der Waals surface area contributed by atoms with Gasteiger partial charge >= 0.3 is 0 Å². The molecule has 0 amide bonds. The highest BCUT2D eigenvalue weighted by Gasteiger charge is 1.98. The van der Waals surface area contributed by atoms with Crippen LogP contribution in [-0.4, -0.2) is 0 Å². The average Bonchev–Trinajstić information content (AvgIpc) is 2.82. The molecule has 162 valence electrons. The van der Waals surface area contributed by atoms with Gasteiger partial charge in [-0.05, 0) is 91.4 Å². The van der Waals surface area contributed by atoms with Crippen LogP contribution in [0.5, 0.6) is 0 Å². The van der Waals surface area contributed by atoms with Crippen LogP contribution in [0.2, 0.25) is 0 Å². The van der Waals surface area contributed by atoms with E-state index in [2.05, 4.69) is 111 Å². The maximum atomic E-state index is 3.29. The van der Waals surface area contributed by atoms with E-state index in [1.165, 1.54) is 55.2 Å². The highest BCUT2D eigenvalue weighted by Crippen LogP contribution is 2.13. The van der Waals surface area contributed by atoms with Gasteiger partial charge in [0.15, 0.2) is 0 Å². The third-order valence-corrected chi connectivity index (χ3v) is 5.72. The summed E-state index contributed by atoms with van der Waals surface area (Å²) in [7, 11) is 0. The van der Waals surface area contributed by atoms with Crippen LogP contribution in [0.4, 0.5) is 0 Å². The summed E-state index contributed by atoms with van der Waals surface area (Å²) in [6.07, 6.45) is 8.69. The number of rotatable bonds is 7. The molecule has 32 heavy (non-hydrogen) atoms. The Morgan fingerprint density at radius 2 is 1.06 bits per heavy atom. The standard InChI is InChI=1S/C32H34/c1-4-6-7-8-10-27-11-13-28(14-12-27)15-16-29-17-19-30(20-18-29)21-22-31-23-24-32(9-5-2)26(3)25-31/h11-14,17-20,23-25H,4-10H2,1-3H3. The molecule has 0 fully saturated rings. The van der Waals surface area contributed by atoms with Gasteiger partial charge in [0.2, 0.25) is 0 Å². The lowest BCUT2D eigenvalue weighted by molar-refractivity contribution is 0.667. The minimum absolute atomic E-state index is 1.01. The molecule has 3 aromatic carbocycles. The summed E-state index contributed by atoms with van der Waals surface area (Å²) in [6, 6.07) is 23.4. The molecule has 0 aliphatic carbocycles. The minimum atomic E-state index is 1.01. The molecule has 0 unspecified atom stereocenters. The quantitative estimate of drug-likeness (QED) is 0.270. The number of benzene rings is 3. The van der Waals surface area contributed by atoms with Crippen LogP contribution in [-0.2, 0) is 12.8 Å². The van der Waals surface area contributed by atoms with Crippen LogP contribution in [0, 0.1) is 30.6 Å². The lowest BCUT2D eigenvalue weighted by atomic mass is 10.0. The topological polar surface area (TPSA) is 0 Å². The minimum Gasteiger partial charge on any atom is -0.0654 e. The second kappa shape index (κ2) is 12.6. The SMILES string of the molecule is CCCCCCc1ccc(C#Cc2ccc(C#Cc3ccc(CCC)c(C)c3)cc2)cc1. The van der Waals surface area contributed by atoms with Gasteiger partial charge in [-0.3, -0.25) is 0 Å². The Bertz CT molecular complexity index is 1110. The summed E-state index contributed by atoms with van der Waals surface area (Å²) in [4.78, 5) is 0. The fourth-order valence-electron chi connectivity index (χ4n) is 3.76. The molecule has 0 aliphatic rings. The summed E-state index contributed by atoms with van der Waals surface area (Å²) < 4.78 is 0. The monoisotopic (exact) mass is 418 g/mol. The van der Waals surface area contributed by atoms with E-state index in [-0.39, 0.29) is 0 Å². The molecule has 0 saturated heterocycles. The van der Waals surface area contributed by atoms with E-state index in [1.807, 2.05) is 0 Å². The van der Waals surface area contributed by atoms with Gasteiger partial charge in [0.1, 0.15) is 0 Å². The zero-order valence-corrected chi connectivity index (χ0v) is 19.8. The van der Waals surface area contributed by atoms with Crippen molar-refractivity contribution in [1.29, 1.82) is 0 Å². The van der Waals surface area contributed by atoms with E-state index in [0.29, 0.717) is 0 Å². The van der Waals surface area contributed by atoms with Gasteiger partial charge in [0, 0.05) is 22.3 Å². The van der Waals surface area contributed by atoms with Crippen molar-refractivity contribution in [2.75, 3.05) is 0 Å². The Hall–Kier alpha value is -3.22. The van der Waals surface area contributed by atoms with Crippen molar-refractivity contribution in [3.8, 4) is 23.7 Å². The molecule has 0 radical (unpaired) electrons. The van der Waals surface area contributed by atoms with Crippen LogP contribution in [0.3, 0.4) is 0 Å². The first-order valence-electron chi connectivity index (χ1n) is 12.0. The Morgan fingerprint density at radius 1 is 0.531 bits per heavy atom. The van der Waals surface area contributed by atoms with Crippen molar-refractivity contribution in [2.24, 2.45) is 0 Å². The van der Waals surface area contributed by atoms with Gasteiger partial charge in [-0.1, -0.05) is 81.4 Å². The molecular weight excluding hydrogens is 384 g/mol. The Balaban J connectivity index is 1.59. The van der Waals surface area contributed by atoms with Crippen molar-refractivity contribution in [2.45, 2.75) is 65.7 Å². The van der Waals surface area contributed by atoms with Crippen LogP contribution in [0.1, 0.15) is 84.9 Å². The van der Waals surface area contributed by atoms with Gasteiger partial charge in [-0.2, -0.15) is 0 Å². The molecule has 0 heteroatoms. The molecule has 0 N–H and O–H groups in total. The van der Waals surface area contributed by atoms with Crippen LogP contribution < -0.4 is 0 Å². The lowest BCUT2D eigenvalue weighted by Crippen LogP contribution is -1.89. The molecule has 0 atom stereocenters. The second-order valence-electron chi connectivity index (χ2n) is 8.48. The van der Waals surface area contributed by atoms with E-state index < -0.39 is 0 Å². The Kier molecular flexibility index (Phi) is 9.22. The molecule has 0 aromatic heterocycles. The Morgan fingerprint density at radius 3 is 1.59 bits per heavy atom. The largest absolute Gasteiger partial charge is 0.0654 e. The fourth-order valence-corrected chi connectivity index (χ4v) is 3.76. The molecule has 0 bridgehead atoms. The van der Waals surface area contributed by atoms with Gasteiger partial charge in [-0.15, -0.1) is 0 Å². The first-order chi connectivity index (χ1) is 15.7. The maximum Gasteiger partial charge on any atom is 0.0251 e. The molecular formula is C32H34. The number of hydrogen-bond acceptors (Lipinski definition) is 0. The average molecular weight is 419 g/mol. The van der Waals surface area contributed by atoms with E-state index in [4.69, 9.17) is 0 Å². The van der Waals surface area contributed by atoms with Crippen molar-refractivity contribution in [3.05, 3.63) is 106 Å². The summed E-state index contributed by atoms with van der Waals surface area (Å²) in [5.74, 6) is 13.1. The van der Waals surface area contributed by atoms with Gasteiger partial charge in [0.05, 0.1) is 0 Å². The van der Waals surface area contributed by atoms with Crippen molar-refractivity contribution in [3.63, 3.8) is 0 Å². The van der Waals surface area contributed by atoms with Crippen molar-refractivity contribution in [1.82, 2.24) is 0 Å². The summed E-state index contributed by atoms with van der Waals surface area (Å²) in [5, 5.41) is 0. The highest BCUT2D eigenvalue weighted by atomic mass is 14.0. The normalized spacial score (nSPS) is 10.1. The fraction of sp³-hybridized carbons (Fsp3) is 0.312. The van der Waals surface area contributed by atoms with Gasteiger partial charge in [0.25, 0.3) is 0 Å². The first kappa shape index (κ1) is 23.4. The molecule has 3 aromatic rings. The predicted molar refractivity (Wildman–Crippen MR) is 138 cm³/mol. The third kappa shape index (κ3) is 7.48. The van der Waals surface area contributed by atoms with Crippen LogP contribution in [0.25, 0.3) is 0 Å². The molecule has 0 aliphatic heterocycles. The lowest BCUT2D eigenvalue weighted by Gasteiger charge is -2.04. The third-order valence-electron chi connectivity index (χ3n) is 5.72. The van der Waals surface area contributed by atoms with Crippen molar-refractivity contribution < 1.29 is 0 Å². The number of unbranched alkanes of at least 4 members (excludes halogenated alkanes) is 3. The van der Waals surface area contributed by atoms with Gasteiger partial charge in [-0.25, -0.2) is 0 Å². The molecule has 0 saturated carbocycles. The zero-order chi connectivity index (χ0) is 22.6. The molecule has 3 rings (SSSR count). The molecule has 0 heterocycles. The van der Waals surface area contributed by atoms with Gasteiger partial charge < -0.3 is 0 Å². The predicted octanol–water partition coefficient (Wildman–Crippen LogP) is 7.87. The van der Waals surface area contributed by atoms with Crippen LogP contribution in [0.15, 0.2) is 66.7 Å². The van der Waals surface area contributed by atoms with Crippen LogP contribution >= 0.6 is 0 Å². The van der Waals surface area contributed by atoms with E-state index in [0.717, 1.165) is 28.7 Å². The van der Waals surface area contributed by atoms with E-state index in [9.17, 15) is 0 Å². The Labute approximate surface area is 195 Å². The number of aryl methyl sites for hydroxylation is 3. The molecule has 0 nitrogen and oxygen atoms in total. The highest BCUT2D eigenvalue weighted by molar-refractivity contribution is 5.49. The van der Waals surface area contributed by atoms with Crippen molar-refractivity contribution >= 4 is 0 Å². The van der Waals surface area contributed by atoms with E-state index >= 15 is 0 Å². The first-order valence-corrected chi connectivity index (χ1v) is 12.0. The summed E-state index contributed by atoms with van der Waals surface area (Å²) >= 11 is 0. The van der Waals surface area contributed by atoms with E-state index in [1.54, 1.807) is 0 Å². The molecule has 0 spiro atoms. The number of hydrogen-bond donors (Lipinski definition) is 0. The summed E-state index contributed by atoms with van der Waals surface area (Å²) in [5.41, 5.74) is 8.31. The second-order valence-corrected chi connectivity index (χ2v) is 8.48. The summed E-state index contributed by atoms with van der Waals surface area (Å²) in [6.45, 7) is 6.64.